The van der Waals surface area contributed by atoms with E-state index in [9.17, 15) is 4.79 Å². The fraction of sp³-hybridized carbons (Fsp3) is 0.333. The number of aromatic nitrogens is 2. The van der Waals surface area contributed by atoms with E-state index in [1.54, 1.807) is 12.5 Å². The van der Waals surface area contributed by atoms with Gasteiger partial charge < -0.3 is 19.0 Å². The van der Waals surface area contributed by atoms with E-state index < -0.39 is 0 Å². The first-order valence-corrected chi connectivity index (χ1v) is 8.11. The van der Waals surface area contributed by atoms with Crippen LogP contribution in [0.5, 0.6) is 0 Å². The van der Waals surface area contributed by atoms with E-state index in [1.165, 1.54) is 11.9 Å². The van der Waals surface area contributed by atoms with Crippen LogP contribution >= 0.6 is 0 Å². The third-order valence-electron chi connectivity index (χ3n) is 4.40. The number of nitrogens with zero attached hydrogens (tertiary/aromatic N) is 2. The van der Waals surface area contributed by atoms with Crippen LogP contribution in [-0.2, 0) is 11.2 Å². The Labute approximate surface area is 139 Å². The molecule has 0 bridgehead atoms. The summed E-state index contributed by atoms with van der Waals surface area (Å²) in [4.78, 5) is 21.2. The summed E-state index contributed by atoms with van der Waals surface area (Å²) < 4.78 is 11.2. The van der Waals surface area contributed by atoms with Crippen LogP contribution < -0.4 is 0 Å². The number of amides is 1. The van der Waals surface area contributed by atoms with Crippen LogP contribution in [0, 0.1) is 5.92 Å². The van der Waals surface area contributed by atoms with Gasteiger partial charge >= 0.3 is 0 Å². The largest absolute Gasteiger partial charge is 0.464 e. The first-order valence-electron chi connectivity index (χ1n) is 8.11. The minimum atomic E-state index is -0.0236. The number of fused-ring (bicyclic) bond motifs is 1. The van der Waals surface area contributed by atoms with Crippen molar-refractivity contribution in [3.8, 4) is 0 Å². The van der Waals surface area contributed by atoms with Gasteiger partial charge in [-0.3, -0.25) is 4.79 Å². The fourth-order valence-corrected chi connectivity index (χ4v) is 3.19. The van der Waals surface area contributed by atoms with Crippen molar-refractivity contribution >= 4 is 16.9 Å². The average molecular weight is 325 g/mol. The molecule has 0 radical (unpaired) electrons. The van der Waals surface area contributed by atoms with Gasteiger partial charge in [0.25, 0.3) is 5.91 Å². The number of H-pyrrole nitrogens is 1. The van der Waals surface area contributed by atoms with Gasteiger partial charge in [0.2, 0.25) is 0 Å². The van der Waals surface area contributed by atoms with Crippen molar-refractivity contribution in [2.24, 2.45) is 5.92 Å². The highest BCUT2D eigenvalue weighted by Gasteiger charge is 2.24. The van der Waals surface area contributed by atoms with E-state index in [1.807, 2.05) is 11.0 Å². The highest BCUT2D eigenvalue weighted by atomic mass is 16.5. The van der Waals surface area contributed by atoms with Gasteiger partial charge in [-0.25, -0.2) is 4.98 Å². The maximum atomic E-state index is 12.5. The summed E-state index contributed by atoms with van der Waals surface area (Å²) in [6.45, 7) is 2.50. The third kappa shape index (κ3) is 3.05. The number of carbonyl (C=O) groups is 1. The third-order valence-corrected chi connectivity index (χ3v) is 4.40. The molecule has 1 N–H and O–H groups in total. The SMILES string of the molecule is O=C(c1cnc[nH]1)N1CCOC[C@@H](Cc2ccc3ccoc3c2)C1. The maximum absolute atomic E-state index is 12.5. The maximum Gasteiger partial charge on any atom is 0.272 e. The number of benzene rings is 1. The van der Waals surface area contributed by atoms with E-state index in [-0.39, 0.29) is 11.8 Å². The first-order chi connectivity index (χ1) is 11.8. The van der Waals surface area contributed by atoms with Crippen molar-refractivity contribution in [3.63, 3.8) is 0 Å². The molecule has 0 spiro atoms. The zero-order valence-electron chi connectivity index (χ0n) is 13.3. The molecule has 0 saturated carbocycles. The number of carbonyl (C=O) groups excluding carboxylic acids is 1. The van der Waals surface area contributed by atoms with Crippen molar-refractivity contribution in [2.75, 3.05) is 26.3 Å². The number of imidazole rings is 1. The number of rotatable bonds is 3. The molecular formula is C18H19N3O3. The molecule has 1 aromatic carbocycles. The van der Waals surface area contributed by atoms with Crippen molar-refractivity contribution in [2.45, 2.75) is 6.42 Å². The molecule has 6 nitrogen and oxygen atoms in total. The Morgan fingerprint density at radius 3 is 3.21 bits per heavy atom. The summed E-state index contributed by atoms with van der Waals surface area (Å²) in [6.07, 6.45) is 5.64. The Bertz CT molecular complexity index is 825. The number of furan rings is 1. The van der Waals surface area contributed by atoms with Crippen molar-refractivity contribution in [1.82, 2.24) is 14.9 Å². The van der Waals surface area contributed by atoms with Gasteiger partial charge in [0.15, 0.2) is 0 Å². The van der Waals surface area contributed by atoms with E-state index >= 15 is 0 Å². The van der Waals surface area contributed by atoms with Gasteiger partial charge in [0.1, 0.15) is 11.3 Å². The molecule has 1 fully saturated rings. The molecule has 0 aliphatic carbocycles. The van der Waals surface area contributed by atoms with E-state index in [0.29, 0.717) is 32.0 Å². The molecule has 3 heterocycles. The van der Waals surface area contributed by atoms with Gasteiger partial charge in [-0.1, -0.05) is 12.1 Å². The van der Waals surface area contributed by atoms with Crippen LogP contribution in [0.2, 0.25) is 0 Å². The molecule has 1 atom stereocenters. The minimum absolute atomic E-state index is 0.0236. The molecule has 4 rings (SSSR count). The summed E-state index contributed by atoms with van der Waals surface area (Å²) in [5, 5.41) is 1.10. The number of hydrogen-bond donors (Lipinski definition) is 1. The van der Waals surface area contributed by atoms with E-state index in [0.717, 1.165) is 17.4 Å². The highest BCUT2D eigenvalue weighted by molar-refractivity contribution is 5.92. The predicted molar refractivity (Wildman–Crippen MR) is 88.7 cm³/mol. The fourth-order valence-electron chi connectivity index (χ4n) is 3.19. The van der Waals surface area contributed by atoms with Crippen molar-refractivity contribution in [3.05, 3.63) is 54.3 Å². The second-order valence-corrected chi connectivity index (χ2v) is 6.15. The quantitative estimate of drug-likeness (QED) is 0.803. The van der Waals surface area contributed by atoms with Crippen LogP contribution in [0.1, 0.15) is 16.1 Å². The number of ether oxygens (including phenoxy) is 1. The summed E-state index contributed by atoms with van der Waals surface area (Å²) >= 11 is 0. The topological polar surface area (TPSA) is 71.4 Å². The molecule has 1 amide bonds. The van der Waals surface area contributed by atoms with Gasteiger partial charge in [0, 0.05) is 24.4 Å². The summed E-state index contributed by atoms with van der Waals surface area (Å²) in [5.41, 5.74) is 2.61. The lowest BCUT2D eigenvalue weighted by molar-refractivity contribution is 0.0732. The standard InChI is InChI=1S/C18H19N3O3/c22-18(16-9-19-12-20-16)21-4-6-23-11-14(10-21)7-13-1-2-15-3-5-24-17(15)8-13/h1-3,5,8-9,12,14H,4,6-7,10-11H2,(H,19,20)/t14-/m0/s1. The van der Waals surface area contributed by atoms with Crippen molar-refractivity contribution < 1.29 is 13.9 Å². The highest BCUT2D eigenvalue weighted by Crippen LogP contribution is 2.21. The Hall–Kier alpha value is -2.60. The Morgan fingerprint density at radius 1 is 1.38 bits per heavy atom. The zero-order chi connectivity index (χ0) is 16.4. The van der Waals surface area contributed by atoms with Gasteiger partial charge in [-0.05, 0) is 24.1 Å². The smallest absolute Gasteiger partial charge is 0.272 e. The first kappa shape index (κ1) is 15.0. The van der Waals surface area contributed by atoms with Crippen LogP contribution in [0.3, 0.4) is 0 Å². The van der Waals surface area contributed by atoms with E-state index in [2.05, 4.69) is 28.2 Å². The second kappa shape index (κ2) is 6.49. The molecule has 6 heteroatoms. The molecule has 1 aliphatic heterocycles. The number of hydrogen-bond acceptors (Lipinski definition) is 4. The lowest BCUT2D eigenvalue weighted by Crippen LogP contribution is -2.36. The molecule has 1 aliphatic rings. The Morgan fingerprint density at radius 2 is 2.33 bits per heavy atom. The molecule has 24 heavy (non-hydrogen) atoms. The molecular weight excluding hydrogens is 306 g/mol. The molecule has 1 saturated heterocycles. The molecule has 0 unspecified atom stereocenters. The van der Waals surface area contributed by atoms with Crippen molar-refractivity contribution in [1.29, 1.82) is 0 Å². The normalized spacial score (nSPS) is 18.7. The Kier molecular flexibility index (Phi) is 4.04. The Balaban J connectivity index is 1.48. The van der Waals surface area contributed by atoms with Crippen LogP contribution in [0.4, 0.5) is 0 Å². The average Bonchev–Trinajstić information content (AvgIpc) is 3.23. The summed E-state index contributed by atoms with van der Waals surface area (Å²) in [5.74, 6) is 0.233. The van der Waals surface area contributed by atoms with Gasteiger partial charge in [-0.15, -0.1) is 0 Å². The van der Waals surface area contributed by atoms with Crippen LogP contribution in [0.15, 0.2) is 47.5 Å². The lowest BCUT2D eigenvalue weighted by Gasteiger charge is -2.23. The van der Waals surface area contributed by atoms with Gasteiger partial charge in [0.05, 0.1) is 32.0 Å². The minimum Gasteiger partial charge on any atom is -0.464 e. The molecule has 2 aromatic heterocycles. The van der Waals surface area contributed by atoms with Crippen LogP contribution in [-0.4, -0.2) is 47.1 Å². The second-order valence-electron chi connectivity index (χ2n) is 6.15. The van der Waals surface area contributed by atoms with E-state index in [4.69, 9.17) is 9.15 Å². The zero-order valence-corrected chi connectivity index (χ0v) is 13.3. The van der Waals surface area contributed by atoms with Gasteiger partial charge in [-0.2, -0.15) is 0 Å². The monoisotopic (exact) mass is 325 g/mol. The summed E-state index contributed by atoms with van der Waals surface area (Å²) in [7, 11) is 0. The summed E-state index contributed by atoms with van der Waals surface area (Å²) in [6, 6.07) is 8.21. The number of aromatic amines is 1. The van der Waals surface area contributed by atoms with Crippen LogP contribution in [0.25, 0.3) is 11.0 Å². The molecule has 3 aromatic rings. The predicted octanol–water partition coefficient (Wildman–Crippen LogP) is 2.49. The number of nitrogens with one attached hydrogen (secondary N) is 1. The molecule has 124 valence electrons. The lowest BCUT2D eigenvalue weighted by atomic mass is 9.99.